The topological polar surface area (TPSA) is 32.3 Å². The van der Waals surface area contributed by atoms with Crippen LogP contribution in [0, 0.1) is 0 Å². The Bertz CT molecular complexity index is 127. The molecule has 0 heterocycles. The number of nitrogens with one attached hydrogen (secondary N) is 1. The van der Waals surface area contributed by atoms with Crippen LogP contribution < -0.4 is 5.32 Å². The first-order valence-corrected chi connectivity index (χ1v) is 5.18. The minimum atomic E-state index is -0.104. The highest BCUT2D eigenvalue weighted by Gasteiger charge is 2.23. The lowest BCUT2D eigenvalue weighted by atomic mass is 9.92. The van der Waals surface area contributed by atoms with Gasteiger partial charge in [-0.25, -0.2) is 0 Å². The molecule has 0 spiro atoms. The lowest BCUT2D eigenvalue weighted by Gasteiger charge is -2.30. The molecule has 2 heteroatoms. The van der Waals surface area contributed by atoms with Crippen LogP contribution in [0.25, 0.3) is 0 Å². The van der Waals surface area contributed by atoms with Crippen LogP contribution >= 0.6 is 0 Å². The van der Waals surface area contributed by atoms with Gasteiger partial charge < -0.3 is 10.4 Å². The van der Waals surface area contributed by atoms with Gasteiger partial charge in [0.05, 0.1) is 6.10 Å². The second-order valence-electron chi connectivity index (χ2n) is 3.93. The van der Waals surface area contributed by atoms with Gasteiger partial charge in [0.1, 0.15) is 0 Å². The van der Waals surface area contributed by atoms with Crippen LogP contribution in [-0.4, -0.2) is 23.3 Å². The minimum Gasteiger partial charge on any atom is -0.392 e. The van der Waals surface area contributed by atoms with Crippen molar-refractivity contribution in [2.24, 2.45) is 0 Å². The van der Waals surface area contributed by atoms with Crippen molar-refractivity contribution < 1.29 is 5.11 Å². The lowest BCUT2D eigenvalue weighted by Crippen LogP contribution is -2.45. The normalized spacial score (nSPS) is 33.2. The third kappa shape index (κ3) is 2.76. The van der Waals surface area contributed by atoms with Gasteiger partial charge in [-0.1, -0.05) is 19.8 Å². The zero-order chi connectivity index (χ0) is 8.97. The first-order valence-electron chi connectivity index (χ1n) is 5.18. The van der Waals surface area contributed by atoms with Crippen molar-refractivity contribution in [3.63, 3.8) is 0 Å². The summed E-state index contributed by atoms with van der Waals surface area (Å²) in [6.07, 6.45) is 5.63. The predicted molar refractivity (Wildman–Crippen MR) is 51.2 cm³/mol. The van der Waals surface area contributed by atoms with Crippen molar-refractivity contribution in [2.45, 2.75) is 64.1 Å². The van der Waals surface area contributed by atoms with E-state index in [1.54, 1.807) is 0 Å². The summed E-state index contributed by atoms with van der Waals surface area (Å²) in [6.45, 7) is 4.36. The molecule has 2 nitrogen and oxygen atoms in total. The molecule has 1 aliphatic rings. The minimum absolute atomic E-state index is 0.104. The Morgan fingerprint density at radius 1 is 1.42 bits per heavy atom. The average molecular weight is 171 g/mol. The number of hydrogen-bond donors (Lipinski definition) is 2. The van der Waals surface area contributed by atoms with E-state index >= 15 is 0 Å². The predicted octanol–water partition coefficient (Wildman–Crippen LogP) is 1.68. The third-order valence-corrected chi connectivity index (χ3v) is 2.84. The maximum atomic E-state index is 9.65. The summed E-state index contributed by atoms with van der Waals surface area (Å²) in [4.78, 5) is 0. The van der Waals surface area contributed by atoms with Crippen molar-refractivity contribution in [3.8, 4) is 0 Å². The van der Waals surface area contributed by atoms with E-state index in [1.165, 1.54) is 12.8 Å². The zero-order valence-electron chi connectivity index (χ0n) is 8.21. The van der Waals surface area contributed by atoms with Crippen LogP contribution in [0.3, 0.4) is 0 Å². The summed E-state index contributed by atoms with van der Waals surface area (Å²) < 4.78 is 0. The summed E-state index contributed by atoms with van der Waals surface area (Å²) >= 11 is 0. The maximum absolute atomic E-state index is 9.65. The number of hydrogen-bond acceptors (Lipinski definition) is 2. The molecule has 1 rings (SSSR count). The van der Waals surface area contributed by atoms with Crippen LogP contribution in [0.15, 0.2) is 0 Å². The number of aliphatic hydroxyl groups is 1. The highest BCUT2D eigenvalue weighted by atomic mass is 16.3. The van der Waals surface area contributed by atoms with E-state index in [-0.39, 0.29) is 6.10 Å². The molecule has 0 radical (unpaired) electrons. The Morgan fingerprint density at radius 3 is 2.67 bits per heavy atom. The van der Waals surface area contributed by atoms with Crippen molar-refractivity contribution >= 4 is 0 Å². The van der Waals surface area contributed by atoms with Gasteiger partial charge in [-0.15, -0.1) is 0 Å². The molecule has 0 amide bonds. The fourth-order valence-electron chi connectivity index (χ4n) is 1.79. The second kappa shape index (κ2) is 4.83. The summed E-state index contributed by atoms with van der Waals surface area (Å²) in [5.74, 6) is 0. The Hall–Kier alpha value is -0.0800. The second-order valence-corrected chi connectivity index (χ2v) is 3.93. The zero-order valence-corrected chi connectivity index (χ0v) is 8.21. The van der Waals surface area contributed by atoms with Gasteiger partial charge >= 0.3 is 0 Å². The molecule has 2 N–H and O–H groups in total. The van der Waals surface area contributed by atoms with Gasteiger partial charge in [-0.3, -0.25) is 0 Å². The largest absolute Gasteiger partial charge is 0.392 e. The maximum Gasteiger partial charge on any atom is 0.0693 e. The standard InChI is InChI=1S/C10H21NO/c1-3-8(2)11-9-6-4-5-7-10(9)12/h8-12H,3-7H2,1-2H3/t8-,9-,10+/m1/s1. The van der Waals surface area contributed by atoms with Crippen molar-refractivity contribution in [1.82, 2.24) is 5.32 Å². The van der Waals surface area contributed by atoms with Crippen LogP contribution in [-0.2, 0) is 0 Å². The van der Waals surface area contributed by atoms with Gasteiger partial charge in [0, 0.05) is 12.1 Å². The Balaban J connectivity index is 2.28. The molecule has 1 saturated carbocycles. The summed E-state index contributed by atoms with van der Waals surface area (Å²) in [5.41, 5.74) is 0. The van der Waals surface area contributed by atoms with Gasteiger partial charge in [-0.05, 0) is 26.2 Å². The molecule has 0 aromatic carbocycles. The molecule has 12 heavy (non-hydrogen) atoms. The third-order valence-electron chi connectivity index (χ3n) is 2.84. The number of aliphatic hydroxyl groups excluding tert-OH is 1. The summed E-state index contributed by atoms with van der Waals surface area (Å²) in [6, 6.07) is 0.899. The van der Waals surface area contributed by atoms with Crippen molar-refractivity contribution in [1.29, 1.82) is 0 Å². The molecular formula is C10H21NO. The first kappa shape index (κ1) is 10.0. The van der Waals surface area contributed by atoms with E-state index in [1.807, 2.05) is 0 Å². The van der Waals surface area contributed by atoms with E-state index in [9.17, 15) is 5.11 Å². The summed E-state index contributed by atoms with van der Waals surface area (Å²) in [7, 11) is 0. The molecule has 1 aliphatic carbocycles. The quantitative estimate of drug-likeness (QED) is 0.677. The van der Waals surface area contributed by atoms with Crippen LogP contribution in [0.5, 0.6) is 0 Å². The van der Waals surface area contributed by atoms with Crippen molar-refractivity contribution in [2.75, 3.05) is 0 Å². The van der Waals surface area contributed by atoms with E-state index in [0.29, 0.717) is 12.1 Å². The highest BCUT2D eigenvalue weighted by molar-refractivity contribution is 4.81. The fourth-order valence-corrected chi connectivity index (χ4v) is 1.79. The van der Waals surface area contributed by atoms with Crippen molar-refractivity contribution in [3.05, 3.63) is 0 Å². The monoisotopic (exact) mass is 171 g/mol. The molecule has 0 aromatic heterocycles. The smallest absolute Gasteiger partial charge is 0.0693 e. The molecular weight excluding hydrogens is 150 g/mol. The average Bonchev–Trinajstić information content (AvgIpc) is 2.09. The molecule has 72 valence electrons. The summed E-state index contributed by atoms with van der Waals surface area (Å²) in [5, 5.41) is 13.1. The van der Waals surface area contributed by atoms with E-state index < -0.39 is 0 Å². The van der Waals surface area contributed by atoms with Crippen LogP contribution in [0.4, 0.5) is 0 Å². The van der Waals surface area contributed by atoms with Gasteiger partial charge in [-0.2, -0.15) is 0 Å². The van der Waals surface area contributed by atoms with Gasteiger partial charge in [0.25, 0.3) is 0 Å². The molecule has 0 bridgehead atoms. The molecule has 0 aromatic rings. The van der Waals surface area contributed by atoms with Gasteiger partial charge in [0.15, 0.2) is 0 Å². The lowest BCUT2D eigenvalue weighted by molar-refractivity contribution is 0.0857. The number of rotatable bonds is 3. The van der Waals surface area contributed by atoms with E-state index in [0.717, 1.165) is 19.3 Å². The molecule has 0 aliphatic heterocycles. The first-order chi connectivity index (χ1) is 5.74. The van der Waals surface area contributed by atoms with Crippen LogP contribution in [0.1, 0.15) is 46.0 Å². The van der Waals surface area contributed by atoms with E-state index in [2.05, 4.69) is 19.2 Å². The van der Waals surface area contributed by atoms with Crippen LogP contribution in [0.2, 0.25) is 0 Å². The molecule has 3 atom stereocenters. The SMILES string of the molecule is CC[C@@H](C)N[C@@H]1CCCC[C@@H]1O. The Morgan fingerprint density at radius 2 is 2.08 bits per heavy atom. The molecule has 0 unspecified atom stereocenters. The molecule has 0 saturated heterocycles. The van der Waals surface area contributed by atoms with E-state index in [4.69, 9.17) is 0 Å². The Labute approximate surface area is 75.4 Å². The molecule has 1 fully saturated rings. The fraction of sp³-hybridized carbons (Fsp3) is 1.00. The Kier molecular flexibility index (Phi) is 4.02. The highest BCUT2D eigenvalue weighted by Crippen LogP contribution is 2.18. The van der Waals surface area contributed by atoms with Gasteiger partial charge in [0.2, 0.25) is 0 Å².